The molecule has 2 nitrogen and oxygen atoms in total. The van der Waals surface area contributed by atoms with Crippen LogP contribution in [-0.4, -0.2) is 27.4 Å². The van der Waals surface area contributed by atoms with Crippen LogP contribution in [0, 0.1) is 0 Å². The van der Waals surface area contributed by atoms with E-state index in [0.717, 1.165) is 37.2 Å². The lowest BCUT2D eigenvalue weighted by Crippen LogP contribution is -2.02. The molecule has 3 heteroatoms. The van der Waals surface area contributed by atoms with Gasteiger partial charge >= 0.3 is 0 Å². The molecule has 0 radical (unpaired) electrons. The zero-order valence-electron chi connectivity index (χ0n) is 12.2. The molecule has 0 aliphatic rings. The quantitative estimate of drug-likeness (QED) is 0.486. The average molecular weight is 276 g/mol. The SMILES string of the molecule is CCCCCCCCS(=O)CCCCCCCO. The van der Waals surface area contributed by atoms with E-state index in [9.17, 15) is 4.21 Å². The van der Waals surface area contributed by atoms with Crippen molar-refractivity contribution in [2.75, 3.05) is 18.1 Å². The van der Waals surface area contributed by atoms with Gasteiger partial charge in [-0.15, -0.1) is 0 Å². The highest BCUT2D eigenvalue weighted by atomic mass is 32.2. The molecular formula is C15H32O2S. The van der Waals surface area contributed by atoms with Crippen LogP contribution < -0.4 is 0 Å². The maximum Gasteiger partial charge on any atom is 0.0431 e. The molecule has 1 N–H and O–H groups in total. The van der Waals surface area contributed by atoms with Gasteiger partial charge in [0.15, 0.2) is 0 Å². The van der Waals surface area contributed by atoms with Gasteiger partial charge in [0.25, 0.3) is 0 Å². The van der Waals surface area contributed by atoms with Crippen molar-refractivity contribution in [3.05, 3.63) is 0 Å². The van der Waals surface area contributed by atoms with E-state index in [-0.39, 0.29) is 0 Å². The number of aliphatic hydroxyl groups is 1. The third kappa shape index (κ3) is 14.2. The maximum absolute atomic E-state index is 11.7. The van der Waals surface area contributed by atoms with Gasteiger partial charge in [-0.05, 0) is 19.3 Å². The molecular weight excluding hydrogens is 244 g/mol. The summed E-state index contributed by atoms with van der Waals surface area (Å²) in [6.07, 6.45) is 13.1. The molecule has 0 fully saturated rings. The van der Waals surface area contributed by atoms with E-state index in [4.69, 9.17) is 5.11 Å². The second-order valence-electron chi connectivity index (χ2n) is 5.11. The van der Waals surface area contributed by atoms with Crippen LogP contribution in [0.5, 0.6) is 0 Å². The van der Waals surface area contributed by atoms with Gasteiger partial charge in [-0.25, -0.2) is 0 Å². The van der Waals surface area contributed by atoms with E-state index in [1.807, 2.05) is 0 Å². The van der Waals surface area contributed by atoms with Gasteiger partial charge in [0.05, 0.1) is 0 Å². The number of unbranched alkanes of at least 4 members (excludes halogenated alkanes) is 9. The average Bonchev–Trinajstić information content (AvgIpc) is 2.38. The Morgan fingerprint density at radius 1 is 0.722 bits per heavy atom. The summed E-state index contributed by atoms with van der Waals surface area (Å²) in [7, 11) is -0.584. The molecule has 1 atom stereocenters. The van der Waals surface area contributed by atoms with Gasteiger partial charge in [0.2, 0.25) is 0 Å². The minimum Gasteiger partial charge on any atom is -0.396 e. The summed E-state index contributed by atoms with van der Waals surface area (Å²) in [6, 6.07) is 0. The molecule has 0 heterocycles. The third-order valence-electron chi connectivity index (χ3n) is 3.26. The Morgan fingerprint density at radius 2 is 1.17 bits per heavy atom. The molecule has 110 valence electrons. The summed E-state index contributed by atoms with van der Waals surface area (Å²) in [5.74, 6) is 1.79. The Kier molecular flexibility index (Phi) is 15.3. The van der Waals surface area contributed by atoms with Crippen molar-refractivity contribution in [2.24, 2.45) is 0 Å². The van der Waals surface area contributed by atoms with Crippen LogP contribution in [-0.2, 0) is 10.8 Å². The fourth-order valence-corrected chi connectivity index (χ4v) is 3.31. The van der Waals surface area contributed by atoms with E-state index in [0.29, 0.717) is 6.61 Å². The molecule has 0 saturated carbocycles. The lowest BCUT2D eigenvalue weighted by molar-refractivity contribution is 0.282. The lowest BCUT2D eigenvalue weighted by Gasteiger charge is -2.03. The van der Waals surface area contributed by atoms with Gasteiger partial charge in [-0.2, -0.15) is 0 Å². The first kappa shape index (κ1) is 18.1. The first-order valence-corrected chi connectivity index (χ1v) is 9.26. The number of rotatable bonds is 14. The Bertz CT molecular complexity index is 165. The molecule has 0 spiro atoms. The van der Waals surface area contributed by atoms with E-state index in [1.165, 1.54) is 44.9 Å². The summed E-state index contributed by atoms with van der Waals surface area (Å²) in [5.41, 5.74) is 0. The van der Waals surface area contributed by atoms with Crippen molar-refractivity contribution >= 4 is 10.8 Å². The monoisotopic (exact) mass is 276 g/mol. The molecule has 0 bridgehead atoms. The van der Waals surface area contributed by atoms with E-state index < -0.39 is 10.8 Å². The van der Waals surface area contributed by atoms with Gasteiger partial charge in [0.1, 0.15) is 0 Å². The van der Waals surface area contributed by atoms with Crippen LogP contribution in [0.1, 0.15) is 77.6 Å². The largest absolute Gasteiger partial charge is 0.396 e. The molecule has 18 heavy (non-hydrogen) atoms. The zero-order chi connectivity index (χ0) is 13.5. The Balaban J connectivity index is 3.12. The molecule has 0 saturated heterocycles. The molecule has 0 aliphatic carbocycles. The summed E-state index contributed by atoms with van der Waals surface area (Å²) < 4.78 is 11.7. The minimum atomic E-state index is -0.584. The molecule has 0 aromatic carbocycles. The second-order valence-corrected chi connectivity index (χ2v) is 6.80. The van der Waals surface area contributed by atoms with Gasteiger partial charge < -0.3 is 5.11 Å². The normalized spacial score (nSPS) is 12.8. The van der Waals surface area contributed by atoms with Crippen molar-refractivity contribution in [2.45, 2.75) is 77.6 Å². The van der Waals surface area contributed by atoms with Crippen LogP contribution in [0.3, 0.4) is 0 Å². The molecule has 0 aromatic rings. The standard InChI is InChI=1S/C15H32O2S/c1-2-3-4-5-8-11-14-18(17)15-12-9-6-7-10-13-16/h16H,2-15H2,1H3. The number of aliphatic hydroxyl groups excluding tert-OH is 1. The summed E-state index contributed by atoms with van der Waals surface area (Å²) >= 11 is 0. The minimum absolute atomic E-state index is 0.309. The molecule has 0 aliphatic heterocycles. The number of hydrogen-bond donors (Lipinski definition) is 1. The Labute approximate surface area is 116 Å². The van der Waals surface area contributed by atoms with Crippen LogP contribution >= 0.6 is 0 Å². The van der Waals surface area contributed by atoms with Gasteiger partial charge in [-0.1, -0.05) is 58.3 Å². The molecule has 0 aromatic heterocycles. The molecule has 0 rings (SSSR count). The number of hydrogen-bond acceptors (Lipinski definition) is 2. The smallest absolute Gasteiger partial charge is 0.0431 e. The highest BCUT2D eigenvalue weighted by Gasteiger charge is 2.00. The highest BCUT2D eigenvalue weighted by Crippen LogP contribution is 2.07. The predicted molar refractivity (Wildman–Crippen MR) is 81.4 cm³/mol. The lowest BCUT2D eigenvalue weighted by atomic mass is 10.1. The maximum atomic E-state index is 11.7. The summed E-state index contributed by atoms with van der Waals surface area (Å²) in [6.45, 7) is 2.54. The van der Waals surface area contributed by atoms with Crippen molar-refractivity contribution < 1.29 is 9.32 Å². The van der Waals surface area contributed by atoms with Crippen molar-refractivity contribution in [1.82, 2.24) is 0 Å². The van der Waals surface area contributed by atoms with Crippen molar-refractivity contribution in [3.63, 3.8) is 0 Å². The van der Waals surface area contributed by atoms with Crippen LogP contribution in [0.25, 0.3) is 0 Å². The Morgan fingerprint density at radius 3 is 1.67 bits per heavy atom. The van der Waals surface area contributed by atoms with E-state index in [2.05, 4.69) is 6.92 Å². The fraction of sp³-hybridized carbons (Fsp3) is 1.00. The van der Waals surface area contributed by atoms with E-state index >= 15 is 0 Å². The molecule has 0 amide bonds. The van der Waals surface area contributed by atoms with Gasteiger partial charge in [-0.3, -0.25) is 4.21 Å². The fourth-order valence-electron chi connectivity index (χ4n) is 2.05. The third-order valence-corrected chi connectivity index (χ3v) is 4.74. The van der Waals surface area contributed by atoms with Gasteiger partial charge in [0, 0.05) is 28.9 Å². The van der Waals surface area contributed by atoms with Crippen molar-refractivity contribution in [1.29, 1.82) is 0 Å². The predicted octanol–water partition coefficient (Wildman–Crippen LogP) is 4.04. The summed E-state index contributed by atoms with van der Waals surface area (Å²) in [5, 5.41) is 8.64. The molecule has 1 unspecified atom stereocenters. The Hall–Kier alpha value is 0.110. The summed E-state index contributed by atoms with van der Waals surface area (Å²) in [4.78, 5) is 0. The topological polar surface area (TPSA) is 37.3 Å². The van der Waals surface area contributed by atoms with Crippen LogP contribution in [0.15, 0.2) is 0 Å². The van der Waals surface area contributed by atoms with Crippen molar-refractivity contribution in [3.8, 4) is 0 Å². The van der Waals surface area contributed by atoms with Crippen LogP contribution in [0.2, 0.25) is 0 Å². The first-order valence-electron chi connectivity index (χ1n) is 7.77. The van der Waals surface area contributed by atoms with E-state index in [1.54, 1.807) is 0 Å². The second kappa shape index (κ2) is 15.2. The first-order chi connectivity index (χ1) is 8.81. The highest BCUT2D eigenvalue weighted by molar-refractivity contribution is 7.84. The zero-order valence-corrected chi connectivity index (χ0v) is 13.0. The van der Waals surface area contributed by atoms with Crippen LogP contribution in [0.4, 0.5) is 0 Å².